The summed E-state index contributed by atoms with van der Waals surface area (Å²) in [5.41, 5.74) is 19.7. The van der Waals surface area contributed by atoms with E-state index in [1.807, 2.05) is 24.3 Å². The van der Waals surface area contributed by atoms with Crippen LogP contribution in [0.4, 0.5) is 17.8 Å². The molecule has 0 unspecified atom stereocenters. The molecule has 2 fully saturated rings. The summed E-state index contributed by atoms with van der Waals surface area (Å²) in [6.45, 7) is 9.78. The molecule has 22 nitrogen and oxygen atoms in total. The third kappa shape index (κ3) is 13.7. The summed E-state index contributed by atoms with van der Waals surface area (Å²) < 4.78 is 47.5. The molecular formula is C47H60N16O6S. The number of anilines is 3. The Kier molecular flexibility index (Phi) is 16.8. The molecule has 0 amide bonds. The fourth-order valence-electron chi connectivity index (χ4n) is 7.80. The molecule has 0 spiro atoms. The van der Waals surface area contributed by atoms with Crippen molar-refractivity contribution in [2.75, 3.05) is 88.6 Å². The molecule has 70 heavy (non-hydrogen) atoms. The summed E-state index contributed by atoms with van der Waals surface area (Å²) >= 11 is 0. The fourth-order valence-corrected chi connectivity index (χ4v) is 8.30. The number of furan rings is 2. The van der Waals surface area contributed by atoms with Gasteiger partial charge in [0.15, 0.2) is 11.5 Å². The number of likely N-dealkylation sites (tertiary alicyclic amines) is 2. The number of nitrogens with one attached hydrogen (secondary N) is 1. The Bertz CT molecular complexity index is 2950. The van der Waals surface area contributed by atoms with Crippen molar-refractivity contribution in [3.8, 4) is 34.7 Å². The van der Waals surface area contributed by atoms with Gasteiger partial charge in [-0.1, -0.05) is 37.1 Å². The van der Waals surface area contributed by atoms with Crippen LogP contribution in [-0.4, -0.2) is 139 Å². The van der Waals surface area contributed by atoms with Gasteiger partial charge in [0.2, 0.25) is 39.3 Å². The van der Waals surface area contributed by atoms with E-state index in [1.54, 1.807) is 30.5 Å². The molecule has 10 rings (SSSR count). The zero-order valence-electron chi connectivity index (χ0n) is 39.3. The maximum absolute atomic E-state index is 11.4. The lowest BCUT2D eigenvalue weighted by Crippen LogP contribution is -2.33. The number of ether oxygens (including phenoxy) is 2. The van der Waals surface area contributed by atoms with E-state index in [9.17, 15) is 8.42 Å². The molecule has 8 aromatic rings. The molecule has 2 aliphatic rings. The topological polar surface area (TPSA) is 287 Å². The molecule has 0 saturated carbocycles. The lowest BCUT2D eigenvalue weighted by Gasteiger charge is -2.26. The third-order valence-electron chi connectivity index (χ3n) is 11.5. The summed E-state index contributed by atoms with van der Waals surface area (Å²) in [5.74, 6) is 4.41. The van der Waals surface area contributed by atoms with Crippen LogP contribution in [-0.2, 0) is 22.7 Å². The molecule has 370 valence electrons. The van der Waals surface area contributed by atoms with E-state index in [2.05, 4.69) is 79.5 Å². The van der Waals surface area contributed by atoms with Crippen LogP contribution in [0.1, 0.15) is 49.7 Å². The SMILES string of the molecule is CS(=O)(=O)c1nc(N)n2nc(-c3ccco3)nc2n1.NCCc1ccc(OCCN2CCCCC2)cc1.Nc1nc(NCCc2ccc(OCCN3CCCCC3)cc2)nc2nc(-c3ccco3)nn12. The molecule has 2 saturated heterocycles. The van der Waals surface area contributed by atoms with Crippen LogP contribution in [0.25, 0.3) is 34.7 Å². The predicted octanol–water partition coefficient (Wildman–Crippen LogP) is 4.70. The number of aromatic nitrogens is 10. The average Bonchev–Trinajstić information content (AvgIpc) is 4.22. The smallest absolute Gasteiger partial charge is 0.259 e. The van der Waals surface area contributed by atoms with Gasteiger partial charge in [-0.2, -0.15) is 38.9 Å². The lowest BCUT2D eigenvalue weighted by atomic mass is 10.1. The number of nitrogen functional groups attached to an aromatic ring is 2. The Morgan fingerprint density at radius 1 is 0.614 bits per heavy atom. The van der Waals surface area contributed by atoms with E-state index in [0.717, 1.165) is 61.4 Å². The molecule has 0 bridgehead atoms. The molecular weight excluding hydrogens is 917 g/mol. The van der Waals surface area contributed by atoms with Crippen LogP contribution in [0.3, 0.4) is 0 Å². The standard InChI is InChI=1S/C23H28N8O2.C15H24N2O.C9H8N6O3S/c24-21-27-22(28-23-26-20(29-31(21)23)19-5-4-15-33-19)25-11-10-17-6-8-18(9-7-17)32-16-14-30-12-2-1-3-13-30;16-9-8-14-4-6-15(7-5-14)18-13-12-17-10-2-1-3-11-17;1-19(16,17)9-12-7(10)15-8(13-9)11-6(14-15)5-3-2-4-18-5/h4-9,15H,1-3,10-14,16H2,(H3,24,25,26,27,28,29);4-7H,1-3,8-13,16H2;2-4H,1H3,(H2,10,11,12,13,14). The van der Waals surface area contributed by atoms with Crippen molar-refractivity contribution in [1.29, 1.82) is 0 Å². The Labute approximate surface area is 405 Å². The Hall–Kier alpha value is -7.21. The minimum absolute atomic E-state index is 0.0410. The Morgan fingerprint density at radius 2 is 1.10 bits per heavy atom. The summed E-state index contributed by atoms with van der Waals surface area (Å²) in [7, 11) is -3.57. The van der Waals surface area contributed by atoms with Crippen molar-refractivity contribution < 1.29 is 26.7 Å². The molecule has 7 N–H and O–H groups in total. The minimum atomic E-state index is -3.57. The van der Waals surface area contributed by atoms with Gasteiger partial charge in [0, 0.05) is 25.9 Å². The van der Waals surface area contributed by atoms with Gasteiger partial charge in [-0.05, 0) is 131 Å². The van der Waals surface area contributed by atoms with Gasteiger partial charge in [0.1, 0.15) is 24.7 Å². The molecule has 2 aromatic carbocycles. The maximum atomic E-state index is 11.4. The molecule has 0 radical (unpaired) electrons. The number of fused-ring (bicyclic) bond motifs is 2. The van der Waals surface area contributed by atoms with Gasteiger partial charge in [0.05, 0.1) is 12.5 Å². The second kappa shape index (κ2) is 23.9. The van der Waals surface area contributed by atoms with Crippen LogP contribution < -0.4 is 32.0 Å². The highest BCUT2D eigenvalue weighted by molar-refractivity contribution is 7.90. The Morgan fingerprint density at radius 3 is 1.57 bits per heavy atom. The largest absolute Gasteiger partial charge is 0.492 e. The van der Waals surface area contributed by atoms with Crippen LogP contribution in [0.2, 0.25) is 0 Å². The molecule has 2 aliphatic heterocycles. The minimum Gasteiger partial charge on any atom is -0.492 e. The first kappa shape index (κ1) is 49.2. The number of nitrogens with zero attached hydrogens (tertiary/aromatic N) is 12. The first-order chi connectivity index (χ1) is 34.1. The first-order valence-corrected chi connectivity index (χ1v) is 25.4. The van der Waals surface area contributed by atoms with Crippen LogP contribution in [0.5, 0.6) is 11.5 Å². The number of sulfone groups is 1. The zero-order chi connectivity index (χ0) is 48.7. The number of nitrogens with two attached hydrogens (primary N) is 3. The van der Waals surface area contributed by atoms with E-state index in [-0.39, 0.29) is 23.5 Å². The van der Waals surface area contributed by atoms with Crippen LogP contribution >= 0.6 is 0 Å². The van der Waals surface area contributed by atoms with E-state index >= 15 is 0 Å². The Balaban J connectivity index is 0.000000152. The van der Waals surface area contributed by atoms with Crippen LogP contribution in [0.15, 0.2) is 99.3 Å². The number of hydrogen-bond donors (Lipinski definition) is 4. The highest BCUT2D eigenvalue weighted by Crippen LogP contribution is 2.20. The normalized spacial score (nSPS) is 14.4. The van der Waals surface area contributed by atoms with Gasteiger partial charge in [0.25, 0.3) is 16.7 Å². The number of piperidine rings is 2. The van der Waals surface area contributed by atoms with Gasteiger partial charge >= 0.3 is 0 Å². The maximum Gasteiger partial charge on any atom is 0.259 e. The fraction of sp³-hybridized carbons (Fsp3) is 0.404. The number of hydrogen-bond acceptors (Lipinski definition) is 20. The molecule has 6 aromatic heterocycles. The predicted molar refractivity (Wildman–Crippen MR) is 264 cm³/mol. The van der Waals surface area contributed by atoms with Gasteiger partial charge in [-0.25, -0.2) is 8.42 Å². The summed E-state index contributed by atoms with van der Waals surface area (Å²) in [6.07, 6.45) is 13.8. The van der Waals surface area contributed by atoms with Gasteiger partial charge in [-0.3, -0.25) is 9.80 Å². The number of benzene rings is 2. The van der Waals surface area contributed by atoms with E-state index in [4.69, 9.17) is 35.5 Å². The van der Waals surface area contributed by atoms with E-state index in [0.29, 0.717) is 42.2 Å². The second-order valence-electron chi connectivity index (χ2n) is 16.8. The third-order valence-corrected chi connectivity index (χ3v) is 12.3. The zero-order valence-corrected chi connectivity index (χ0v) is 40.1. The number of rotatable bonds is 17. The lowest BCUT2D eigenvalue weighted by molar-refractivity contribution is 0.183. The van der Waals surface area contributed by atoms with Gasteiger partial charge < -0.3 is 40.8 Å². The van der Waals surface area contributed by atoms with Crippen molar-refractivity contribution >= 4 is 39.2 Å². The summed E-state index contributed by atoms with van der Waals surface area (Å²) in [5, 5.41) is 11.2. The molecule has 0 aliphatic carbocycles. The van der Waals surface area contributed by atoms with Crippen molar-refractivity contribution in [3.05, 3.63) is 96.4 Å². The molecule has 8 heterocycles. The van der Waals surface area contributed by atoms with Crippen molar-refractivity contribution in [1.82, 2.24) is 58.9 Å². The van der Waals surface area contributed by atoms with Crippen LogP contribution in [0, 0.1) is 0 Å². The highest BCUT2D eigenvalue weighted by Gasteiger charge is 2.19. The molecule has 23 heteroatoms. The van der Waals surface area contributed by atoms with Crippen molar-refractivity contribution in [3.63, 3.8) is 0 Å². The van der Waals surface area contributed by atoms with Crippen molar-refractivity contribution in [2.45, 2.75) is 56.5 Å². The second-order valence-corrected chi connectivity index (χ2v) is 18.7. The average molecular weight is 977 g/mol. The molecule has 0 atom stereocenters. The van der Waals surface area contributed by atoms with Gasteiger partial charge in [-0.15, -0.1) is 10.2 Å². The van der Waals surface area contributed by atoms with E-state index < -0.39 is 15.0 Å². The highest BCUT2D eigenvalue weighted by atomic mass is 32.2. The van der Waals surface area contributed by atoms with E-state index in [1.165, 1.54) is 86.6 Å². The monoisotopic (exact) mass is 976 g/mol. The van der Waals surface area contributed by atoms with Crippen molar-refractivity contribution in [2.24, 2.45) is 5.73 Å². The summed E-state index contributed by atoms with van der Waals surface area (Å²) in [4.78, 5) is 29.6. The first-order valence-electron chi connectivity index (χ1n) is 23.5. The quantitative estimate of drug-likeness (QED) is 0.0962. The summed E-state index contributed by atoms with van der Waals surface area (Å²) in [6, 6.07) is 23.4.